The van der Waals surface area contributed by atoms with Gasteiger partial charge in [-0.3, -0.25) is 4.79 Å². The van der Waals surface area contributed by atoms with Gasteiger partial charge in [0.05, 0.1) is 12.3 Å². The Morgan fingerprint density at radius 1 is 1.32 bits per heavy atom. The van der Waals surface area contributed by atoms with Gasteiger partial charge in [-0.05, 0) is 42.9 Å². The zero-order valence-corrected chi connectivity index (χ0v) is 14.3. The molecule has 2 N–H and O–H groups in total. The van der Waals surface area contributed by atoms with Crippen LogP contribution >= 0.6 is 11.6 Å². The minimum atomic E-state index is -0.553. The third-order valence-corrected chi connectivity index (χ3v) is 5.32. The quantitative estimate of drug-likeness (QED) is 0.868. The van der Waals surface area contributed by atoms with Gasteiger partial charge in [0.1, 0.15) is 11.9 Å². The molecule has 4 atom stereocenters. The van der Waals surface area contributed by atoms with Crippen molar-refractivity contribution < 1.29 is 14.6 Å². The Morgan fingerprint density at radius 3 is 2.84 bits per heavy atom. The molecule has 25 heavy (non-hydrogen) atoms. The second kappa shape index (κ2) is 6.65. The van der Waals surface area contributed by atoms with E-state index in [0.717, 1.165) is 0 Å². The minimum absolute atomic E-state index is 0.120. The molecule has 1 saturated heterocycles. The number of rotatable bonds is 3. The lowest BCUT2D eigenvalue weighted by Crippen LogP contribution is -2.42. The van der Waals surface area contributed by atoms with Gasteiger partial charge in [0.25, 0.3) is 5.91 Å². The number of hydrogen-bond donors (Lipinski definition) is 2. The first kappa shape index (κ1) is 16.4. The molecule has 1 saturated carbocycles. The number of benzene rings is 1. The SMILES string of the molecule is O=C(c1cn[nH]n1)N1C[C@H]2C[C@@H](Oc3cccc(Cl)c3)[C@H](O)C[C@H]2C1. The highest BCUT2D eigenvalue weighted by molar-refractivity contribution is 6.30. The number of nitrogens with one attached hydrogen (secondary N) is 1. The standard InChI is InChI=1S/C17H19ClN4O3/c18-12-2-1-3-13(6-12)25-16-5-11-9-22(8-10(11)4-15(16)23)17(24)14-7-19-21-20-14/h1-3,6-7,10-11,15-16,23H,4-5,8-9H2,(H,19,20,21)/t10-,11+,15+,16+/m0/s1. The van der Waals surface area contributed by atoms with Crippen LogP contribution in [-0.4, -0.2) is 56.6 Å². The summed E-state index contributed by atoms with van der Waals surface area (Å²) < 4.78 is 5.96. The van der Waals surface area contributed by atoms with Crippen LogP contribution in [0.4, 0.5) is 0 Å². The summed E-state index contributed by atoms with van der Waals surface area (Å²) in [6.45, 7) is 1.29. The van der Waals surface area contributed by atoms with Crippen LogP contribution in [-0.2, 0) is 0 Å². The summed E-state index contributed by atoms with van der Waals surface area (Å²) in [6.07, 6.45) is 1.92. The Morgan fingerprint density at radius 2 is 2.12 bits per heavy atom. The van der Waals surface area contributed by atoms with Crippen LogP contribution in [0.1, 0.15) is 23.3 Å². The predicted molar refractivity (Wildman–Crippen MR) is 90.4 cm³/mol. The van der Waals surface area contributed by atoms with E-state index in [1.165, 1.54) is 6.20 Å². The third-order valence-electron chi connectivity index (χ3n) is 5.09. The van der Waals surface area contributed by atoms with E-state index < -0.39 is 6.10 Å². The molecule has 8 heteroatoms. The number of aliphatic hydroxyl groups excluding tert-OH is 1. The van der Waals surface area contributed by atoms with E-state index in [2.05, 4.69) is 15.4 Å². The summed E-state index contributed by atoms with van der Waals surface area (Å²) in [6, 6.07) is 7.19. The Kier molecular flexibility index (Phi) is 4.35. The largest absolute Gasteiger partial charge is 0.488 e. The maximum absolute atomic E-state index is 12.4. The van der Waals surface area contributed by atoms with Gasteiger partial charge in [0.2, 0.25) is 0 Å². The first-order valence-electron chi connectivity index (χ1n) is 8.35. The molecule has 2 aliphatic rings. The van der Waals surface area contributed by atoms with Crippen LogP contribution in [0.3, 0.4) is 0 Å². The topological polar surface area (TPSA) is 91.3 Å². The van der Waals surface area contributed by atoms with Crippen molar-refractivity contribution in [3.63, 3.8) is 0 Å². The van der Waals surface area contributed by atoms with E-state index in [4.69, 9.17) is 16.3 Å². The highest BCUT2D eigenvalue weighted by atomic mass is 35.5. The van der Waals surface area contributed by atoms with Crippen molar-refractivity contribution in [3.05, 3.63) is 41.2 Å². The molecule has 2 aromatic rings. The Balaban J connectivity index is 1.42. The van der Waals surface area contributed by atoms with Crippen molar-refractivity contribution in [1.29, 1.82) is 0 Å². The van der Waals surface area contributed by atoms with E-state index in [0.29, 0.717) is 48.3 Å². The van der Waals surface area contributed by atoms with Gasteiger partial charge in [0, 0.05) is 18.1 Å². The number of carbonyl (C=O) groups is 1. The minimum Gasteiger partial charge on any atom is -0.488 e. The number of aliphatic hydroxyl groups is 1. The molecule has 1 aliphatic carbocycles. The number of aromatic nitrogens is 3. The van der Waals surface area contributed by atoms with Crippen LogP contribution < -0.4 is 4.74 Å². The number of aromatic amines is 1. The number of H-pyrrole nitrogens is 1. The van der Waals surface area contributed by atoms with Crippen LogP contribution in [0.25, 0.3) is 0 Å². The second-order valence-corrected chi connectivity index (χ2v) is 7.17. The third kappa shape index (κ3) is 3.34. The first-order valence-corrected chi connectivity index (χ1v) is 8.73. The Hall–Kier alpha value is -2.12. The number of amides is 1. The van der Waals surface area contributed by atoms with Crippen LogP contribution in [0.2, 0.25) is 5.02 Å². The van der Waals surface area contributed by atoms with Gasteiger partial charge in [-0.2, -0.15) is 15.4 Å². The molecule has 1 aromatic heterocycles. The van der Waals surface area contributed by atoms with Gasteiger partial charge in [-0.1, -0.05) is 17.7 Å². The molecular weight excluding hydrogens is 344 g/mol. The van der Waals surface area contributed by atoms with Gasteiger partial charge in [-0.25, -0.2) is 0 Å². The van der Waals surface area contributed by atoms with Crippen molar-refractivity contribution in [1.82, 2.24) is 20.3 Å². The Labute approximate surface area is 149 Å². The highest BCUT2D eigenvalue weighted by Gasteiger charge is 2.44. The van der Waals surface area contributed by atoms with Gasteiger partial charge in [0.15, 0.2) is 5.69 Å². The summed E-state index contributed by atoms with van der Waals surface area (Å²) in [7, 11) is 0. The normalized spacial score (nSPS) is 28.6. The van der Waals surface area contributed by atoms with Crippen molar-refractivity contribution in [3.8, 4) is 5.75 Å². The zero-order valence-electron chi connectivity index (χ0n) is 13.5. The second-order valence-electron chi connectivity index (χ2n) is 6.74. The molecule has 132 valence electrons. The molecule has 2 fully saturated rings. The monoisotopic (exact) mass is 362 g/mol. The molecule has 1 aromatic carbocycles. The molecule has 4 rings (SSSR count). The van der Waals surface area contributed by atoms with Crippen molar-refractivity contribution in [2.75, 3.05) is 13.1 Å². The molecule has 2 heterocycles. The summed E-state index contributed by atoms with van der Waals surface area (Å²) in [5.41, 5.74) is 0.325. The zero-order chi connectivity index (χ0) is 17.4. The lowest BCUT2D eigenvalue weighted by Gasteiger charge is -2.35. The summed E-state index contributed by atoms with van der Waals surface area (Å²) in [5, 5.41) is 21.1. The lowest BCUT2D eigenvalue weighted by molar-refractivity contribution is -0.0231. The summed E-state index contributed by atoms with van der Waals surface area (Å²) in [5.74, 6) is 1.13. The molecular formula is C17H19ClN4O3. The molecule has 0 radical (unpaired) electrons. The van der Waals surface area contributed by atoms with Crippen molar-refractivity contribution >= 4 is 17.5 Å². The molecule has 0 unspecified atom stereocenters. The molecule has 0 spiro atoms. The maximum atomic E-state index is 12.4. The van der Waals surface area contributed by atoms with Crippen LogP contribution in [0.5, 0.6) is 5.75 Å². The predicted octanol–water partition coefficient (Wildman–Crippen LogP) is 1.75. The fourth-order valence-corrected chi connectivity index (χ4v) is 4.04. The van der Waals surface area contributed by atoms with E-state index >= 15 is 0 Å². The van der Waals surface area contributed by atoms with Crippen LogP contribution in [0, 0.1) is 11.8 Å². The highest BCUT2D eigenvalue weighted by Crippen LogP contribution is 2.38. The molecule has 7 nitrogen and oxygen atoms in total. The summed E-state index contributed by atoms with van der Waals surface area (Å²) in [4.78, 5) is 14.2. The van der Waals surface area contributed by atoms with Gasteiger partial charge < -0.3 is 14.7 Å². The average Bonchev–Trinajstić information content (AvgIpc) is 3.24. The number of hydrogen-bond acceptors (Lipinski definition) is 5. The fourth-order valence-electron chi connectivity index (χ4n) is 3.86. The molecule has 0 bridgehead atoms. The number of halogens is 1. The van der Waals surface area contributed by atoms with E-state index in [-0.39, 0.29) is 17.9 Å². The fraction of sp³-hybridized carbons (Fsp3) is 0.471. The summed E-state index contributed by atoms with van der Waals surface area (Å²) >= 11 is 5.99. The first-order chi connectivity index (χ1) is 12.1. The number of fused-ring (bicyclic) bond motifs is 1. The average molecular weight is 363 g/mol. The lowest BCUT2D eigenvalue weighted by atomic mass is 9.78. The number of likely N-dealkylation sites (tertiary alicyclic amines) is 1. The van der Waals surface area contributed by atoms with E-state index in [9.17, 15) is 9.90 Å². The van der Waals surface area contributed by atoms with Crippen LogP contribution in [0.15, 0.2) is 30.5 Å². The molecule has 1 amide bonds. The van der Waals surface area contributed by atoms with Gasteiger partial charge >= 0.3 is 0 Å². The van der Waals surface area contributed by atoms with E-state index in [1.54, 1.807) is 17.0 Å². The van der Waals surface area contributed by atoms with Gasteiger partial charge in [-0.15, -0.1) is 0 Å². The number of carbonyl (C=O) groups excluding carboxylic acids is 1. The van der Waals surface area contributed by atoms with E-state index in [1.807, 2.05) is 12.1 Å². The maximum Gasteiger partial charge on any atom is 0.276 e. The Bertz CT molecular complexity index is 754. The van der Waals surface area contributed by atoms with Crippen molar-refractivity contribution in [2.45, 2.75) is 25.0 Å². The smallest absolute Gasteiger partial charge is 0.276 e. The molecule has 1 aliphatic heterocycles. The number of nitrogens with zero attached hydrogens (tertiary/aromatic N) is 3. The van der Waals surface area contributed by atoms with Crippen molar-refractivity contribution in [2.24, 2.45) is 11.8 Å². The number of ether oxygens (including phenoxy) is 1.